The molecular weight excluding hydrogens is 433 g/mol. The van der Waals surface area contributed by atoms with Gasteiger partial charge in [-0.25, -0.2) is 4.39 Å². The van der Waals surface area contributed by atoms with Gasteiger partial charge in [-0.2, -0.15) is 0 Å². The highest BCUT2D eigenvalue weighted by Gasteiger charge is 2.27. The summed E-state index contributed by atoms with van der Waals surface area (Å²) in [6, 6.07) is 16.5. The minimum Gasteiger partial charge on any atom is -0.389 e. The van der Waals surface area contributed by atoms with E-state index in [1.165, 1.54) is 12.1 Å². The van der Waals surface area contributed by atoms with E-state index in [2.05, 4.69) is 15.0 Å². The normalized spacial score (nSPS) is 14.9. The molecular formula is C27H34FN3O3. The summed E-state index contributed by atoms with van der Waals surface area (Å²) in [5.74, 6) is 0.538. The van der Waals surface area contributed by atoms with Crippen molar-refractivity contribution in [3.05, 3.63) is 71.5 Å². The van der Waals surface area contributed by atoms with Gasteiger partial charge in [0.25, 0.3) is 0 Å². The maximum absolute atomic E-state index is 13.5. The fourth-order valence-electron chi connectivity index (χ4n) is 4.35. The zero-order valence-corrected chi connectivity index (χ0v) is 20.0. The molecule has 0 radical (unpaired) electrons. The third kappa shape index (κ3) is 6.44. The van der Waals surface area contributed by atoms with Crippen LogP contribution < -0.4 is 4.90 Å². The number of benzene rings is 2. The second-order valence-electron chi connectivity index (χ2n) is 9.21. The highest BCUT2D eigenvalue weighted by Crippen LogP contribution is 2.34. The molecule has 1 fully saturated rings. The third-order valence-electron chi connectivity index (χ3n) is 6.00. The average Bonchev–Trinajstić information content (AvgIpc) is 3.50. The van der Waals surface area contributed by atoms with Crippen LogP contribution in [0.25, 0.3) is 11.3 Å². The van der Waals surface area contributed by atoms with Gasteiger partial charge in [-0.1, -0.05) is 47.6 Å². The van der Waals surface area contributed by atoms with E-state index in [0.29, 0.717) is 19.6 Å². The van der Waals surface area contributed by atoms with Crippen molar-refractivity contribution in [1.82, 2.24) is 10.1 Å². The monoisotopic (exact) mass is 467 g/mol. The number of nitrogens with zero attached hydrogens (tertiary/aromatic N) is 3. The Morgan fingerprint density at radius 3 is 2.44 bits per heavy atom. The predicted octanol–water partition coefficient (Wildman–Crippen LogP) is 4.87. The van der Waals surface area contributed by atoms with Crippen molar-refractivity contribution in [2.24, 2.45) is 0 Å². The molecule has 0 amide bonds. The van der Waals surface area contributed by atoms with Gasteiger partial charge in [-0.15, -0.1) is 0 Å². The first-order valence-corrected chi connectivity index (χ1v) is 12.0. The Labute approximate surface area is 200 Å². The van der Waals surface area contributed by atoms with E-state index in [9.17, 15) is 9.50 Å². The van der Waals surface area contributed by atoms with Crippen molar-refractivity contribution < 1.29 is 18.8 Å². The average molecular weight is 468 g/mol. The zero-order valence-electron chi connectivity index (χ0n) is 20.0. The van der Waals surface area contributed by atoms with E-state index in [-0.39, 0.29) is 18.5 Å². The molecule has 0 bridgehead atoms. The Kier molecular flexibility index (Phi) is 8.32. The molecule has 2 aromatic carbocycles. The highest BCUT2D eigenvalue weighted by molar-refractivity contribution is 5.68. The predicted molar refractivity (Wildman–Crippen MR) is 131 cm³/mol. The molecule has 1 aromatic heterocycles. The number of aromatic nitrogens is 1. The molecule has 34 heavy (non-hydrogen) atoms. The van der Waals surface area contributed by atoms with Crippen LogP contribution in [0.2, 0.25) is 0 Å². The number of halogens is 1. The lowest BCUT2D eigenvalue weighted by Gasteiger charge is -2.26. The van der Waals surface area contributed by atoms with Crippen LogP contribution in [0, 0.1) is 5.82 Å². The maximum Gasteiger partial charge on any atom is 0.232 e. The largest absolute Gasteiger partial charge is 0.389 e. The van der Waals surface area contributed by atoms with Crippen LogP contribution in [0.15, 0.2) is 59.1 Å². The number of anilines is 1. The molecule has 2 heterocycles. The smallest absolute Gasteiger partial charge is 0.232 e. The second kappa shape index (κ2) is 11.6. The van der Waals surface area contributed by atoms with E-state index in [1.807, 2.05) is 44.2 Å². The quantitative estimate of drug-likeness (QED) is 0.434. The van der Waals surface area contributed by atoms with Crippen molar-refractivity contribution >= 4 is 5.88 Å². The van der Waals surface area contributed by atoms with Gasteiger partial charge in [-0.05, 0) is 44.4 Å². The summed E-state index contributed by atoms with van der Waals surface area (Å²) in [5, 5.41) is 15.2. The van der Waals surface area contributed by atoms with Crippen molar-refractivity contribution in [3.63, 3.8) is 0 Å². The van der Waals surface area contributed by atoms with E-state index < -0.39 is 6.10 Å². The van der Waals surface area contributed by atoms with E-state index in [0.717, 1.165) is 54.2 Å². The summed E-state index contributed by atoms with van der Waals surface area (Å²) in [6.07, 6.45) is 1.65. The summed E-state index contributed by atoms with van der Waals surface area (Å²) in [7, 11) is 0. The number of ether oxygens (including phenoxy) is 1. The van der Waals surface area contributed by atoms with Gasteiger partial charge in [-0.3, -0.25) is 4.90 Å². The summed E-state index contributed by atoms with van der Waals surface area (Å²) in [4.78, 5) is 4.41. The molecule has 0 spiro atoms. The van der Waals surface area contributed by atoms with Gasteiger partial charge in [0.15, 0.2) is 0 Å². The SMILES string of the molecule is CC(C)OCC(O)CN(Cc1ccc(F)cc1)Cc1c(-c2ccccc2)noc1N1CCCC1. The third-order valence-corrected chi connectivity index (χ3v) is 6.00. The first-order valence-electron chi connectivity index (χ1n) is 12.0. The van der Waals surface area contributed by atoms with E-state index in [1.54, 1.807) is 12.1 Å². The van der Waals surface area contributed by atoms with Crippen LogP contribution in [0.3, 0.4) is 0 Å². The molecule has 3 aromatic rings. The molecule has 1 N–H and O–H groups in total. The Balaban J connectivity index is 1.63. The van der Waals surface area contributed by atoms with Gasteiger partial charge >= 0.3 is 0 Å². The van der Waals surface area contributed by atoms with Crippen molar-refractivity contribution in [1.29, 1.82) is 0 Å². The van der Waals surface area contributed by atoms with Crippen LogP contribution in [-0.4, -0.2) is 53.6 Å². The van der Waals surface area contributed by atoms with Crippen LogP contribution in [-0.2, 0) is 17.8 Å². The fraction of sp³-hybridized carbons (Fsp3) is 0.444. The number of rotatable bonds is 11. The molecule has 1 aliphatic rings. The Morgan fingerprint density at radius 2 is 1.76 bits per heavy atom. The van der Waals surface area contributed by atoms with Gasteiger partial charge < -0.3 is 19.3 Å². The lowest BCUT2D eigenvalue weighted by Crippen LogP contribution is -2.35. The topological polar surface area (TPSA) is 62.0 Å². The molecule has 0 saturated carbocycles. The maximum atomic E-state index is 13.5. The molecule has 4 rings (SSSR count). The van der Waals surface area contributed by atoms with Crippen LogP contribution in [0.4, 0.5) is 10.3 Å². The van der Waals surface area contributed by atoms with E-state index in [4.69, 9.17) is 9.26 Å². The minimum atomic E-state index is -0.655. The highest BCUT2D eigenvalue weighted by atomic mass is 19.1. The van der Waals surface area contributed by atoms with E-state index >= 15 is 0 Å². The Hall–Kier alpha value is -2.74. The first kappa shape index (κ1) is 24.4. The number of hydrogen-bond donors (Lipinski definition) is 1. The molecule has 0 aliphatic carbocycles. The van der Waals surface area contributed by atoms with Gasteiger partial charge in [0.1, 0.15) is 11.5 Å². The molecule has 7 heteroatoms. The van der Waals surface area contributed by atoms with Gasteiger partial charge in [0, 0.05) is 38.3 Å². The number of aliphatic hydroxyl groups excluding tert-OH is 1. The van der Waals surface area contributed by atoms with Crippen LogP contribution in [0.5, 0.6) is 0 Å². The number of aliphatic hydroxyl groups is 1. The zero-order chi connectivity index (χ0) is 23.9. The summed E-state index contributed by atoms with van der Waals surface area (Å²) >= 11 is 0. The Bertz CT molecular complexity index is 1020. The lowest BCUT2D eigenvalue weighted by atomic mass is 10.1. The van der Waals surface area contributed by atoms with Crippen LogP contribution in [0.1, 0.15) is 37.8 Å². The molecule has 182 valence electrons. The molecule has 6 nitrogen and oxygen atoms in total. The molecule has 1 unspecified atom stereocenters. The van der Waals surface area contributed by atoms with Gasteiger partial charge in [0.2, 0.25) is 5.88 Å². The van der Waals surface area contributed by atoms with Crippen molar-refractivity contribution in [2.45, 2.75) is 52.0 Å². The first-order chi connectivity index (χ1) is 16.5. The second-order valence-corrected chi connectivity index (χ2v) is 9.21. The summed E-state index contributed by atoms with van der Waals surface area (Å²) < 4.78 is 25.0. The summed E-state index contributed by atoms with van der Waals surface area (Å²) in [5.41, 5.74) is 3.79. The Morgan fingerprint density at radius 1 is 1.06 bits per heavy atom. The molecule has 1 saturated heterocycles. The molecule has 1 aliphatic heterocycles. The van der Waals surface area contributed by atoms with Crippen molar-refractivity contribution in [3.8, 4) is 11.3 Å². The standard InChI is InChI=1S/C27H34FN3O3/c1-20(2)33-19-24(32)17-30(16-21-10-12-23(28)13-11-21)18-25-26(22-8-4-3-5-9-22)29-34-27(25)31-14-6-7-15-31/h3-5,8-13,20,24,32H,6-7,14-19H2,1-2H3. The van der Waals surface area contributed by atoms with Crippen LogP contribution >= 0.6 is 0 Å². The number of hydrogen-bond acceptors (Lipinski definition) is 6. The fourth-order valence-corrected chi connectivity index (χ4v) is 4.35. The lowest BCUT2D eigenvalue weighted by molar-refractivity contribution is -0.0106. The minimum absolute atomic E-state index is 0.0460. The van der Waals surface area contributed by atoms with Gasteiger partial charge in [0.05, 0.1) is 24.4 Å². The molecule has 1 atom stereocenters. The van der Waals surface area contributed by atoms with Crippen molar-refractivity contribution in [2.75, 3.05) is 31.1 Å². The summed E-state index contributed by atoms with van der Waals surface area (Å²) in [6.45, 7) is 7.55.